The quantitative estimate of drug-likeness (QED) is 0.460. The Kier molecular flexibility index (Phi) is 2.82. The normalized spacial score (nSPS) is 18.9. The monoisotopic (exact) mass is 232 g/mol. The van der Waals surface area contributed by atoms with Gasteiger partial charge in [0, 0.05) is 5.70 Å². The number of hydrogen-bond donors (Lipinski definition) is 2. The van der Waals surface area contributed by atoms with Crippen LogP contribution in [-0.4, -0.2) is 18.4 Å². The molecule has 17 heavy (non-hydrogen) atoms. The minimum atomic E-state index is -0.936. The number of esters is 1. The van der Waals surface area contributed by atoms with Crippen LogP contribution in [-0.2, 0) is 14.3 Å². The molecule has 0 amide bonds. The summed E-state index contributed by atoms with van der Waals surface area (Å²) in [4.78, 5) is 22.7. The average molecular weight is 232 g/mol. The summed E-state index contributed by atoms with van der Waals surface area (Å²) in [5, 5.41) is 2.87. The molecule has 1 aromatic rings. The van der Waals surface area contributed by atoms with E-state index in [0.717, 1.165) is 0 Å². The lowest BCUT2D eigenvalue weighted by Crippen LogP contribution is -2.22. The van der Waals surface area contributed by atoms with Crippen LogP contribution in [0, 0.1) is 5.92 Å². The SMILES string of the molecule is C=C(Nc1ccccc1N)[C@@H]1C(=O)COC1=O. The molecule has 1 aliphatic rings. The van der Waals surface area contributed by atoms with Gasteiger partial charge in [-0.05, 0) is 12.1 Å². The Balaban J connectivity index is 2.15. The zero-order valence-corrected chi connectivity index (χ0v) is 9.10. The molecule has 1 aromatic carbocycles. The fourth-order valence-electron chi connectivity index (χ4n) is 1.63. The number of carbonyl (C=O) groups is 2. The first-order valence-electron chi connectivity index (χ1n) is 5.09. The molecular formula is C12H12N2O3. The molecule has 0 radical (unpaired) electrons. The Morgan fingerprint density at radius 3 is 2.71 bits per heavy atom. The zero-order valence-electron chi connectivity index (χ0n) is 9.10. The van der Waals surface area contributed by atoms with Gasteiger partial charge in [0.1, 0.15) is 0 Å². The van der Waals surface area contributed by atoms with Gasteiger partial charge in [-0.25, -0.2) is 0 Å². The first-order valence-corrected chi connectivity index (χ1v) is 5.09. The van der Waals surface area contributed by atoms with Crippen molar-refractivity contribution >= 4 is 23.1 Å². The summed E-state index contributed by atoms with van der Waals surface area (Å²) in [5.74, 6) is -1.79. The molecule has 5 nitrogen and oxygen atoms in total. The van der Waals surface area contributed by atoms with Crippen LogP contribution < -0.4 is 11.1 Å². The number of nitrogens with two attached hydrogens (primary N) is 1. The van der Waals surface area contributed by atoms with E-state index in [4.69, 9.17) is 5.73 Å². The number of hydrogen-bond acceptors (Lipinski definition) is 5. The largest absolute Gasteiger partial charge is 0.457 e. The molecule has 1 fully saturated rings. The summed E-state index contributed by atoms with van der Waals surface area (Å²) < 4.78 is 4.65. The van der Waals surface area contributed by atoms with Gasteiger partial charge in [0.15, 0.2) is 18.3 Å². The van der Waals surface area contributed by atoms with E-state index in [9.17, 15) is 9.59 Å². The summed E-state index contributed by atoms with van der Waals surface area (Å²) in [6, 6.07) is 7.04. The summed E-state index contributed by atoms with van der Waals surface area (Å²) in [5.41, 5.74) is 7.16. The maximum atomic E-state index is 11.4. The highest BCUT2D eigenvalue weighted by atomic mass is 16.5. The second-order valence-corrected chi connectivity index (χ2v) is 3.74. The van der Waals surface area contributed by atoms with E-state index in [1.54, 1.807) is 24.3 Å². The first kappa shape index (κ1) is 11.2. The molecule has 1 heterocycles. The topological polar surface area (TPSA) is 81.4 Å². The van der Waals surface area contributed by atoms with Gasteiger partial charge in [0.2, 0.25) is 0 Å². The molecule has 1 atom stereocenters. The van der Waals surface area contributed by atoms with E-state index >= 15 is 0 Å². The molecule has 2 rings (SSSR count). The van der Waals surface area contributed by atoms with Crippen LogP contribution in [0.15, 0.2) is 36.5 Å². The Morgan fingerprint density at radius 1 is 1.41 bits per heavy atom. The number of Topliss-reactive ketones (excluding diaryl/α,β-unsaturated/α-hetero) is 1. The summed E-state index contributed by atoms with van der Waals surface area (Å²) in [7, 11) is 0. The summed E-state index contributed by atoms with van der Waals surface area (Å²) in [6.07, 6.45) is 0. The Hall–Kier alpha value is -2.30. The van der Waals surface area contributed by atoms with Crippen molar-refractivity contribution < 1.29 is 14.3 Å². The summed E-state index contributed by atoms with van der Waals surface area (Å²) >= 11 is 0. The van der Waals surface area contributed by atoms with Crippen molar-refractivity contribution in [2.24, 2.45) is 5.92 Å². The van der Waals surface area contributed by atoms with Crippen LogP contribution in [0.1, 0.15) is 0 Å². The predicted molar refractivity (Wildman–Crippen MR) is 63.1 cm³/mol. The fraction of sp³-hybridized carbons (Fsp3) is 0.167. The number of nitrogen functional groups attached to an aromatic ring is 1. The molecule has 0 bridgehead atoms. The number of anilines is 2. The van der Waals surface area contributed by atoms with Gasteiger partial charge in [-0.15, -0.1) is 0 Å². The number of rotatable bonds is 3. The van der Waals surface area contributed by atoms with Crippen molar-refractivity contribution in [1.82, 2.24) is 0 Å². The predicted octanol–water partition coefficient (Wildman–Crippen LogP) is 0.937. The van der Waals surface area contributed by atoms with Crippen molar-refractivity contribution in [2.45, 2.75) is 0 Å². The smallest absolute Gasteiger partial charge is 0.323 e. The van der Waals surface area contributed by atoms with Crippen LogP contribution >= 0.6 is 0 Å². The molecule has 88 valence electrons. The van der Waals surface area contributed by atoms with Gasteiger partial charge in [0.05, 0.1) is 11.4 Å². The number of benzene rings is 1. The van der Waals surface area contributed by atoms with Gasteiger partial charge < -0.3 is 15.8 Å². The lowest BCUT2D eigenvalue weighted by atomic mass is 10.0. The van der Waals surface area contributed by atoms with E-state index in [1.807, 2.05) is 0 Å². The third-order valence-corrected chi connectivity index (χ3v) is 2.52. The van der Waals surface area contributed by atoms with Gasteiger partial charge in [-0.2, -0.15) is 0 Å². The zero-order chi connectivity index (χ0) is 12.4. The second-order valence-electron chi connectivity index (χ2n) is 3.74. The molecule has 0 saturated carbocycles. The standard InChI is InChI=1S/C12H12N2O3/c1-7(11-10(15)6-17-12(11)16)14-9-5-3-2-4-8(9)13/h2-5,11,14H,1,6,13H2/t11-/m1/s1. The molecular weight excluding hydrogens is 220 g/mol. The minimum Gasteiger partial charge on any atom is -0.457 e. The molecule has 1 aliphatic heterocycles. The van der Waals surface area contributed by atoms with Gasteiger partial charge in [-0.1, -0.05) is 18.7 Å². The second kappa shape index (κ2) is 4.29. The molecule has 5 heteroatoms. The maximum absolute atomic E-state index is 11.4. The lowest BCUT2D eigenvalue weighted by Gasteiger charge is -2.13. The fourth-order valence-corrected chi connectivity index (χ4v) is 1.63. The van der Waals surface area contributed by atoms with E-state index < -0.39 is 11.9 Å². The van der Waals surface area contributed by atoms with E-state index in [-0.39, 0.29) is 18.1 Å². The Labute approximate surface area is 98.3 Å². The Bertz CT molecular complexity index is 480. The third kappa shape index (κ3) is 2.13. The minimum absolute atomic E-state index is 0.186. The number of nitrogens with one attached hydrogen (secondary N) is 1. The first-order chi connectivity index (χ1) is 8.09. The average Bonchev–Trinajstić information content (AvgIpc) is 2.62. The van der Waals surface area contributed by atoms with Crippen molar-refractivity contribution in [3.63, 3.8) is 0 Å². The number of ketones is 1. The van der Waals surface area contributed by atoms with Crippen LogP contribution in [0.2, 0.25) is 0 Å². The van der Waals surface area contributed by atoms with Crippen LogP contribution in [0.5, 0.6) is 0 Å². The summed E-state index contributed by atoms with van der Waals surface area (Å²) in [6.45, 7) is 3.50. The molecule has 0 aromatic heterocycles. The maximum Gasteiger partial charge on any atom is 0.323 e. The van der Waals surface area contributed by atoms with Gasteiger partial charge in [-0.3, -0.25) is 9.59 Å². The van der Waals surface area contributed by atoms with E-state index in [1.165, 1.54) is 0 Å². The highest BCUT2D eigenvalue weighted by molar-refractivity contribution is 6.07. The van der Waals surface area contributed by atoms with Crippen LogP contribution in [0.4, 0.5) is 11.4 Å². The number of carbonyl (C=O) groups excluding carboxylic acids is 2. The number of ether oxygens (including phenoxy) is 1. The molecule has 1 saturated heterocycles. The van der Waals surface area contributed by atoms with Gasteiger partial charge >= 0.3 is 5.97 Å². The van der Waals surface area contributed by atoms with Crippen molar-refractivity contribution in [2.75, 3.05) is 17.7 Å². The third-order valence-electron chi connectivity index (χ3n) is 2.52. The Morgan fingerprint density at radius 2 is 2.12 bits per heavy atom. The van der Waals surface area contributed by atoms with Crippen molar-refractivity contribution in [1.29, 1.82) is 0 Å². The number of para-hydroxylation sites is 2. The van der Waals surface area contributed by atoms with E-state index in [2.05, 4.69) is 16.6 Å². The van der Waals surface area contributed by atoms with Gasteiger partial charge in [0.25, 0.3) is 0 Å². The highest BCUT2D eigenvalue weighted by Gasteiger charge is 2.37. The van der Waals surface area contributed by atoms with E-state index in [0.29, 0.717) is 11.4 Å². The lowest BCUT2D eigenvalue weighted by molar-refractivity contribution is -0.140. The van der Waals surface area contributed by atoms with Crippen LogP contribution in [0.25, 0.3) is 0 Å². The van der Waals surface area contributed by atoms with Crippen LogP contribution in [0.3, 0.4) is 0 Å². The molecule has 3 N–H and O–H groups in total. The number of cyclic esters (lactones) is 1. The van der Waals surface area contributed by atoms with Crippen molar-refractivity contribution in [3.8, 4) is 0 Å². The van der Waals surface area contributed by atoms with Crippen molar-refractivity contribution in [3.05, 3.63) is 36.5 Å². The highest BCUT2D eigenvalue weighted by Crippen LogP contribution is 2.24. The molecule has 0 aliphatic carbocycles. The molecule has 0 unspecified atom stereocenters. The molecule has 0 spiro atoms.